The van der Waals surface area contributed by atoms with Gasteiger partial charge < -0.3 is 14.4 Å². The maximum absolute atomic E-state index is 11.8. The molecule has 1 N–H and O–H groups in total. The molecule has 0 bridgehead atoms. The fraction of sp³-hybridized carbons (Fsp3) is 0.316. The van der Waals surface area contributed by atoms with Crippen LogP contribution in [0.4, 0.5) is 10.5 Å². The molecule has 5 heteroatoms. The van der Waals surface area contributed by atoms with E-state index in [9.17, 15) is 4.79 Å². The number of anilines is 1. The van der Waals surface area contributed by atoms with Gasteiger partial charge in [-0.3, -0.25) is 5.32 Å². The van der Waals surface area contributed by atoms with Crippen LogP contribution in [0, 0.1) is 0 Å². The summed E-state index contributed by atoms with van der Waals surface area (Å²) in [7, 11) is 0. The van der Waals surface area contributed by atoms with Crippen molar-refractivity contribution in [1.29, 1.82) is 0 Å². The number of hydrogen-bond acceptors (Lipinski definition) is 4. The molecule has 128 valence electrons. The van der Waals surface area contributed by atoms with E-state index in [1.165, 1.54) is 0 Å². The molecule has 2 rings (SSSR count). The first-order valence-electron chi connectivity index (χ1n) is 8.20. The molecule has 2 aromatic rings. The Hall–Kier alpha value is -2.53. The van der Waals surface area contributed by atoms with Crippen molar-refractivity contribution >= 4 is 11.8 Å². The highest BCUT2D eigenvalue weighted by Crippen LogP contribution is 2.18. The van der Waals surface area contributed by atoms with E-state index >= 15 is 0 Å². The van der Waals surface area contributed by atoms with Gasteiger partial charge in [-0.2, -0.15) is 0 Å². The SMILES string of the molecule is CCN(CC)CCOc1ccc(OC(=O)Nc2ccccc2)cc1. The van der Waals surface area contributed by atoms with E-state index in [0.717, 1.165) is 25.4 Å². The summed E-state index contributed by atoms with van der Waals surface area (Å²) in [6.45, 7) is 7.83. The Morgan fingerprint density at radius 1 is 0.958 bits per heavy atom. The monoisotopic (exact) mass is 328 g/mol. The lowest BCUT2D eigenvalue weighted by atomic mass is 10.3. The molecule has 0 fully saturated rings. The molecule has 0 heterocycles. The van der Waals surface area contributed by atoms with Crippen LogP contribution >= 0.6 is 0 Å². The van der Waals surface area contributed by atoms with Crippen LogP contribution in [-0.4, -0.2) is 37.2 Å². The molecule has 0 unspecified atom stereocenters. The first-order valence-corrected chi connectivity index (χ1v) is 8.20. The van der Waals surface area contributed by atoms with Gasteiger partial charge in [-0.05, 0) is 49.5 Å². The molecular formula is C19H24N2O3. The minimum Gasteiger partial charge on any atom is -0.492 e. The molecule has 0 spiro atoms. The van der Waals surface area contributed by atoms with Crippen LogP contribution in [0.2, 0.25) is 0 Å². The summed E-state index contributed by atoms with van der Waals surface area (Å²) >= 11 is 0. The zero-order valence-electron chi connectivity index (χ0n) is 14.2. The van der Waals surface area contributed by atoms with Gasteiger partial charge in [0.25, 0.3) is 0 Å². The number of likely N-dealkylation sites (N-methyl/N-ethyl adjacent to an activating group) is 1. The number of para-hydroxylation sites is 1. The normalized spacial score (nSPS) is 10.5. The largest absolute Gasteiger partial charge is 0.492 e. The van der Waals surface area contributed by atoms with Gasteiger partial charge in [-0.15, -0.1) is 0 Å². The molecule has 1 amide bonds. The molecule has 5 nitrogen and oxygen atoms in total. The molecule has 0 saturated carbocycles. The van der Waals surface area contributed by atoms with Crippen molar-refractivity contribution in [2.75, 3.05) is 31.6 Å². The average molecular weight is 328 g/mol. The minimum absolute atomic E-state index is 0.472. The Bertz CT molecular complexity index is 610. The number of hydrogen-bond donors (Lipinski definition) is 1. The molecule has 0 aliphatic heterocycles. The van der Waals surface area contributed by atoms with Gasteiger partial charge in [-0.25, -0.2) is 4.79 Å². The second kappa shape index (κ2) is 9.57. The van der Waals surface area contributed by atoms with Crippen molar-refractivity contribution in [1.82, 2.24) is 4.90 Å². The Morgan fingerprint density at radius 3 is 2.21 bits per heavy atom. The van der Waals surface area contributed by atoms with Crippen LogP contribution in [0.5, 0.6) is 11.5 Å². The van der Waals surface area contributed by atoms with Gasteiger partial charge >= 0.3 is 6.09 Å². The third kappa shape index (κ3) is 5.93. The van der Waals surface area contributed by atoms with E-state index in [1.807, 2.05) is 18.2 Å². The molecule has 2 aromatic carbocycles. The molecule has 0 atom stereocenters. The number of rotatable bonds is 8. The number of carbonyl (C=O) groups is 1. The van der Waals surface area contributed by atoms with E-state index < -0.39 is 6.09 Å². The standard InChI is InChI=1S/C19H24N2O3/c1-3-21(4-2)14-15-23-17-10-12-18(13-11-17)24-19(22)20-16-8-6-5-7-9-16/h5-13H,3-4,14-15H2,1-2H3,(H,20,22). The molecule has 0 aliphatic rings. The number of ether oxygens (including phenoxy) is 2. The molecule has 0 radical (unpaired) electrons. The van der Waals surface area contributed by atoms with E-state index in [1.54, 1.807) is 36.4 Å². The first kappa shape index (κ1) is 17.8. The highest BCUT2D eigenvalue weighted by atomic mass is 16.6. The predicted octanol–water partition coefficient (Wildman–Crippen LogP) is 4.02. The Balaban J connectivity index is 1.78. The van der Waals surface area contributed by atoms with Crippen molar-refractivity contribution in [3.05, 3.63) is 54.6 Å². The van der Waals surface area contributed by atoms with Crippen molar-refractivity contribution < 1.29 is 14.3 Å². The van der Waals surface area contributed by atoms with E-state index in [2.05, 4.69) is 24.1 Å². The van der Waals surface area contributed by atoms with Crippen LogP contribution in [0.3, 0.4) is 0 Å². The van der Waals surface area contributed by atoms with E-state index in [0.29, 0.717) is 18.0 Å². The Labute approximate surface area is 143 Å². The molecule has 24 heavy (non-hydrogen) atoms. The predicted molar refractivity (Wildman–Crippen MR) is 95.8 cm³/mol. The maximum Gasteiger partial charge on any atom is 0.417 e. The van der Waals surface area contributed by atoms with Crippen LogP contribution in [0.15, 0.2) is 54.6 Å². The summed E-state index contributed by atoms with van der Waals surface area (Å²) in [5, 5.41) is 2.67. The summed E-state index contributed by atoms with van der Waals surface area (Å²) in [6.07, 6.45) is -0.517. The molecule has 0 aromatic heterocycles. The quantitative estimate of drug-likeness (QED) is 0.795. The molecular weight excluding hydrogens is 304 g/mol. The van der Waals surface area contributed by atoms with Crippen molar-refractivity contribution in [2.45, 2.75) is 13.8 Å². The minimum atomic E-state index is -0.517. The van der Waals surface area contributed by atoms with Crippen LogP contribution < -0.4 is 14.8 Å². The van der Waals surface area contributed by atoms with Gasteiger partial charge in [-0.1, -0.05) is 32.0 Å². The smallest absolute Gasteiger partial charge is 0.417 e. The lowest BCUT2D eigenvalue weighted by Gasteiger charge is -2.18. The van der Waals surface area contributed by atoms with Gasteiger partial charge in [0.2, 0.25) is 0 Å². The topological polar surface area (TPSA) is 50.8 Å². The third-order valence-corrected chi connectivity index (χ3v) is 3.63. The number of benzene rings is 2. The zero-order valence-corrected chi connectivity index (χ0v) is 14.2. The summed E-state index contributed by atoms with van der Waals surface area (Å²) in [6, 6.07) is 16.2. The Kier molecular flexibility index (Phi) is 7.11. The van der Waals surface area contributed by atoms with Gasteiger partial charge in [0.15, 0.2) is 0 Å². The van der Waals surface area contributed by atoms with Crippen LogP contribution in [-0.2, 0) is 0 Å². The van der Waals surface area contributed by atoms with Crippen LogP contribution in [0.1, 0.15) is 13.8 Å². The Morgan fingerprint density at radius 2 is 1.58 bits per heavy atom. The highest BCUT2D eigenvalue weighted by Gasteiger charge is 2.05. The lowest BCUT2D eigenvalue weighted by molar-refractivity contribution is 0.214. The number of nitrogens with one attached hydrogen (secondary N) is 1. The molecule has 0 aliphatic carbocycles. The van der Waals surface area contributed by atoms with Gasteiger partial charge in [0.05, 0.1) is 0 Å². The highest BCUT2D eigenvalue weighted by molar-refractivity contribution is 5.86. The van der Waals surface area contributed by atoms with E-state index in [4.69, 9.17) is 9.47 Å². The number of nitrogens with zero attached hydrogens (tertiary/aromatic N) is 1. The first-order chi connectivity index (χ1) is 11.7. The van der Waals surface area contributed by atoms with Gasteiger partial charge in [0.1, 0.15) is 18.1 Å². The zero-order chi connectivity index (χ0) is 17.2. The summed E-state index contributed by atoms with van der Waals surface area (Å²) in [5.74, 6) is 1.23. The maximum atomic E-state index is 11.8. The number of amides is 1. The fourth-order valence-electron chi connectivity index (χ4n) is 2.21. The second-order valence-corrected chi connectivity index (χ2v) is 5.23. The second-order valence-electron chi connectivity index (χ2n) is 5.23. The van der Waals surface area contributed by atoms with E-state index in [-0.39, 0.29) is 0 Å². The van der Waals surface area contributed by atoms with Gasteiger partial charge in [0, 0.05) is 12.2 Å². The van der Waals surface area contributed by atoms with Crippen molar-refractivity contribution in [2.24, 2.45) is 0 Å². The van der Waals surface area contributed by atoms with Crippen molar-refractivity contribution in [3.63, 3.8) is 0 Å². The summed E-state index contributed by atoms with van der Waals surface area (Å²) in [5.41, 5.74) is 0.693. The fourth-order valence-corrected chi connectivity index (χ4v) is 2.21. The average Bonchev–Trinajstić information content (AvgIpc) is 2.61. The van der Waals surface area contributed by atoms with Crippen LogP contribution in [0.25, 0.3) is 0 Å². The van der Waals surface area contributed by atoms with Crippen molar-refractivity contribution in [3.8, 4) is 11.5 Å². The lowest BCUT2D eigenvalue weighted by Crippen LogP contribution is -2.27. The summed E-state index contributed by atoms with van der Waals surface area (Å²) in [4.78, 5) is 14.1. The third-order valence-electron chi connectivity index (χ3n) is 3.63. The summed E-state index contributed by atoms with van der Waals surface area (Å²) < 4.78 is 10.9. The number of carbonyl (C=O) groups excluding carboxylic acids is 1. The molecule has 0 saturated heterocycles.